The Balaban J connectivity index is 2.14. The molecule has 1 aliphatic heterocycles. The first kappa shape index (κ1) is 18.3. The maximum absolute atomic E-state index is 12.6. The van der Waals surface area contributed by atoms with Crippen molar-refractivity contribution in [3.63, 3.8) is 0 Å². The summed E-state index contributed by atoms with van der Waals surface area (Å²) >= 11 is 0. The second-order valence-corrected chi connectivity index (χ2v) is 7.05. The van der Waals surface area contributed by atoms with Crippen molar-refractivity contribution in [3.8, 4) is 0 Å². The van der Waals surface area contributed by atoms with E-state index < -0.39 is 17.2 Å². The van der Waals surface area contributed by atoms with Crippen LogP contribution in [0.15, 0.2) is 9.59 Å². The highest BCUT2D eigenvalue weighted by Gasteiger charge is 2.28. The molecule has 1 amide bonds. The molecule has 3 rings (SSSR count). The molecule has 0 aliphatic carbocycles. The normalized spacial score (nSPS) is 23.5. The van der Waals surface area contributed by atoms with Crippen LogP contribution in [0.1, 0.15) is 19.7 Å². The second kappa shape index (κ2) is 6.69. The van der Waals surface area contributed by atoms with Gasteiger partial charge < -0.3 is 19.9 Å². The third-order valence-electron chi connectivity index (χ3n) is 4.77. The Bertz CT molecular complexity index is 962. The number of fused-ring (bicyclic) bond motifs is 1. The van der Waals surface area contributed by atoms with Crippen molar-refractivity contribution < 1.29 is 14.4 Å². The molecule has 0 spiro atoms. The summed E-state index contributed by atoms with van der Waals surface area (Å²) in [6.45, 7) is 5.97. The lowest BCUT2D eigenvalue weighted by Gasteiger charge is -2.32. The van der Waals surface area contributed by atoms with Gasteiger partial charge in [-0.2, -0.15) is 0 Å². The molecule has 10 nitrogen and oxygen atoms in total. The maximum Gasteiger partial charge on any atom is 0.332 e. The number of morpholine rings is 1. The van der Waals surface area contributed by atoms with E-state index in [4.69, 9.17) is 10.5 Å². The number of carbonyl (C=O) groups excluding carboxylic acids is 1. The van der Waals surface area contributed by atoms with E-state index in [-0.39, 0.29) is 29.9 Å². The zero-order chi connectivity index (χ0) is 19.2. The number of carbonyl (C=O) groups is 1. The molecule has 3 atom stereocenters. The third kappa shape index (κ3) is 3.17. The minimum Gasteiger partial charge on any atom is -0.368 e. The van der Waals surface area contributed by atoms with Crippen molar-refractivity contribution >= 4 is 17.1 Å². The first-order chi connectivity index (χ1) is 12.2. The largest absolute Gasteiger partial charge is 0.368 e. The minimum atomic E-state index is -0.569. The average Bonchev–Trinajstić information content (AvgIpc) is 2.88. The van der Waals surface area contributed by atoms with E-state index in [0.717, 1.165) is 17.7 Å². The summed E-state index contributed by atoms with van der Waals surface area (Å²) in [5.41, 5.74) is 4.93. The van der Waals surface area contributed by atoms with Crippen molar-refractivity contribution in [3.05, 3.63) is 26.7 Å². The number of hydrogen-bond acceptors (Lipinski definition) is 5. The fourth-order valence-corrected chi connectivity index (χ4v) is 3.71. The number of primary amides is 1. The molecule has 0 bridgehead atoms. The standard InChI is InChI=1S/C16H24N6O4/c1-9-5-21(6-10(2)26-9)8-12-18-14-13(22(12)7-11(17)23)15(24)20(4)16(25)19(14)3/h9-10H,5-8H2,1-4H3,(H2,17,23)/p+1/t9-,10+. The van der Waals surface area contributed by atoms with Gasteiger partial charge in [-0.1, -0.05) is 0 Å². The molecule has 1 fully saturated rings. The lowest BCUT2D eigenvalue weighted by atomic mass is 10.2. The number of imidazole rings is 1. The SMILES string of the molecule is C[C@@H]1C[NH+](Cc2nc3c(c(=O)n(C)c(=O)n3C)n2CC(N)=O)C[C@H](C)O1. The highest BCUT2D eigenvalue weighted by molar-refractivity contribution is 5.78. The van der Waals surface area contributed by atoms with Crippen LogP contribution in [0, 0.1) is 0 Å². The van der Waals surface area contributed by atoms with E-state index >= 15 is 0 Å². The summed E-state index contributed by atoms with van der Waals surface area (Å²) in [4.78, 5) is 42.1. The predicted octanol–water partition coefficient (Wildman–Crippen LogP) is -2.89. The molecule has 3 heterocycles. The molecule has 2 aromatic heterocycles. The van der Waals surface area contributed by atoms with Crippen LogP contribution in [0.3, 0.4) is 0 Å². The van der Waals surface area contributed by atoms with Crippen LogP contribution in [0.5, 0.6) is 0 Å². The van der Waals surface area contributed by atoms with Crippen molar-refractivity contribution in [2.75, 3.05) is 13.1 Å². The van der Waals surface area contributed by atoms with Crippen LogP contribution in [0.4, 0.5) is 0 Å². The number of nitrogens with one attached hydrogen (secondary N) is 1. The molecule has 142 valence electrons. The van der Waals surface area contributed by atoms with E-state index in [2.05, 4.69) is 4.98 Å². The van der Waals surface area contributed by atoms with E-state index in [1.165, 1.54) is 21.1 Å². The summed E-state index contributed by atoms with van der Waals surface area (Å²) in [6, 6.07) is 0. The van der Waals surface area contributed by atoms with Crippen molar-refractivity contribution in [1.82, 2.24) is 18.7 Å². The van der Waals surface area contributed by atoms with Gasteiger partial charge in [0.05, 0.1) is 0 Å². The van der Waals surface area contributed by atoms with Crippen LogP contribution in [-0.2, 0) is 36.7 Å². The molecule has 1 saturated heterocycles. The summed E-state index contributed by atoms with van der Waals surface area (Å²) < 4.78 is 9.62. The highest BCUT2D eigenvalue weighted by atomic mass is 16.5. The zero-order valence-corrected chi connectivity index (χ0v) is 15.5. The van der Waals surface area contributed by atoms with Gasteiger partial charge in [-0.15, -0.1) is 0 Å². The predicted molar refractivity (Wildman–Crippen MR) is 93.8 cm³/mol. The summed E-state index contributed by atoms with van der Waals surface area (Å²) in [6.07, 6.45) is 0.222. The summed E-state index contributed by atoms with van der Waals surface area (Å²) in [5.74, 6) is -0.00595. The van der Waals surface area contributed by atoms with Crippen LogP contribution in [0.2, 0.25) is 0 Å². The van der Waals surface area contributed by atoms with Gasteiger partial charge in [0.1, 0.15) is 38.4 Å². The molecule has 0 aromatic carbocycles. The Morgan fingerprint density at radius 3 is 2.42 bits per heavy atom. The number of aromatic nitrogens is 4. The molecule has 1 unspecified atom stereocenters. The number of hydrogen-bond donors (Lipinski definition) is 2. The Morgan fingerprint density at radius 1 is 1.23 bits per heavy atom. The Morgan fingerprint density at radius 2 is 1.85 bits per heavy atom. The fraction of sp³-hybridized carbons (Fsp3) is 0.625. The summed E-state index contributed by atoms with van der Waals surface area (Å²) in [5, 5.41) is 0. The molecule has 10 heteroatoms. The van der Waals surface area contributed by atoms with E-state index in [1.807, 2.05) is 13.8 Å². The van der Waals surface area contributed by atoms with Crippen molar-refractivity contribution in [1.29, 1.82) is 0 Å². The first-order valence-electron chi connectivity index (χ1n) is 8.61. The maximum atomic E-state index is 12.6. The van der Waals surface area contributed by atoms with Crippen LogP contribution in [-0.4, -0.2) is 49.9 Å². The van der Waals surface area contributed by atoms with Crippen molar-refractivity contribution in [2.45, 2.75) is 39.1 Å². The van der Waals surface area contributed by atoms with Gasteiger partial charge in [0.25, 0.3) is 5.56 Å². The highest BCUT2D eigenvalue weighted by Crippen LogP contribution is 2.11. The van der Waals surface area contributed by atoms with Gasteiger partial charge in [-0.05, 0) is 13.8 Å². The molecular formula is C16H25N6O4+. The topological polar surface area (TPSA) is 119 Å². The van der Waals surface area contributed by atoms with Gasteiger partial charge in [0.2, 0.25) is 5.91 Å². The quantitative estimate of drug-likeness (QED) is 0.603. The number of rotatable bonds is 4. The second-order valence-electron chi connectivity index (χ2n) is 7.05. The van der Waals surface area contributed by atoms with Gasteiger partial charge in [0, 0.05) is 14.1 Å². The number of amides is 1. The van der Waals surface area contributed by atoms with Crippen LogP contribution in [0.25, 0.3) is 11.2 Å². The van der Waals surface area contributed by atoms with Gasteiger partial charge in [0.15, 0.2) is 17.0 Å². The molecule has 1 aliphatic rings. The van der Waals surface area contributed by atoms with E-state index in [9.17, 15) is 14.4 Å². The average molecular weight is 365 g/mol. The molecule has 0 saturated carbocycles. The number of aryl methyl sites for hydroxylation is 1. The molecule has 0 radical (unpaired) electrons. The smallest absolute Gasteiger partial charge is 0.332 e. The van der Waals surface area contributed by atoms with Gasteiger partial charge >= 0.3 is 5.69 Å². The van der Waals surface area contributed by atoms with Crippen LogP contribution >= 0.6 is 0 Å². The molecule has 3 N–H and O–H groups in total. The third-order valence-corrected chi connectivity index (χ3v) is 4.77. The lowest BCUT2D eigenvalue weighted by Crippen LogP contribution is -3.14. The zero-order valence-electron chi connectivity index (χ0n) is 15.5. The van der Waals surface area contributed by atoms with E-state index in [0.29, 0.717) is 12.4 Å². The first-order valence-corrected chi connectivity index (χ1v) is 8.61. The Kier molecular flexibility index (Phi) is 4.72. The lowest BCUT2D eigenvalue weighted by molar-refractivity contribution is -0.929. The van der Waals surface area contributed by atoms with Crippen molar-refractivity contribution in [2.24, 2.45) is 19.8 Å². The van der Waals surface area contributed by atoms with Crippen LogP contribution < -0.4 is 21.9 Å². The monoisotopic (exact) mass is 365 g/mol. The number of nitrogens with zero attached hydrogens (tertiary/aromatic N) is 4. The Labute approximate surface area is 149 Å². The fourth-order valence-electron chi connectivity index (χ4n) is 3.71. The number of nitrogens with two attached hydrogens (primary N) is 1. The van der Waals surface area contributed by atoms with Gasteiger partial charge in [-0.25, -0.2) is 9.78 Å². The van der Waals surface area contributed by atoms with E-state index in [1.54, 1.807) is 7.05 Å². The Hall–Kier alpha value is -2.46. The minimum absolute atomic E-state index is 0.111. The summed E-state index contributed by atoms with van der Waals surface area (Å²) in [7, 11) is 2.96. The number of ether oxygens (including phenoxy) is 1. The number of quaternary nitrogens is 1. The molecular weight excluding hydrogens is 340 g/mol. The van der Waals surface area contributed by atoms with Gasteiger partial charge in [-0.3, -0.25) is 18.7 Å². The molecule has 26 heavy (non-hydrogen) atoms. The molecule has 2 aromatic rings.